The van der Waals surface area contributed by atoms with Crippen LogP contribution in [0.25, 0.3) is 0 Å². The van der Waals surface area contributed by atoms with Crippen molar-refractivity contribution in [3.8, 4) is 0 Å². The van der Waals surface area contributed by atoms with E-state index < -0.39 is 17.7 Å². The molecule has 1 amide bonds. The van der Waals surface area contributed by atoms with Crippen molar-refractivity contribution in [3.63, 3.8) is 0 Å². The van der Waals surface area contributed by atoms with Gasteiger partial charge < -0.3 is 20.1 Å². The van der Waals surface area contributed by atoms with Crippen LogP contribution < -0.4 is 10.6 Å². The number of nitrogens with zero attached hydrogens (tertiary/aromatic N) is 1. The number of rotatable bonds is 3. The van der Waals surface area contributed by atoms with Crippen LogP contribution in [0.1, 0.15) is 46.5 Å². The molecule has 8 nitrogen and oxygen atoms in total. The maximum absolute atomic E-state index is 12.7. The van der Waals surface area contributed by atoms with E-state index in [9.17, 15) is 4.79 Å². The summed E-state index contributed by atoms with van der Waals surface area (Å²) in [6, 6.07) is 0. The van der Waals surface area contributed by atoms with Crippen molar-refractivity contribution in [1.29, 1.82) is 0 Å². The molecule has 6 aliphatic rings. The summed E-state index contributed by atoms with van der Waals surface area (Å²) >= 11 is 0. The highest BCUT2D eigenvalue weighted by Crippen LogP contribution is 2.60. The van der Waals surface area contributed by atoms with Gasteiger partial charge in [0.1, 0.15) is 6.23 Å². The molecular weight excluding hydrogens is 374 g/mol. The van der Waals surface area contributed by atoms with Gasteiger partial charge in [-0.15, -0.1) is 0 Å². The molecule has 5 saturated heterocycles. The number of hydrogen-bond acceptors (Lipinski definition) is 7. The minimum absolute atomic E-state index is 0.0163. The lowest BCUT2D eigenvalue weighted by molar-refractivity contribution is -0.571. The molecule has 0 aromatic rings. The summed E-state index contributed by atoms with van der Waals surface area (Å²) in [5, 5.41) is 6.47. The SMILES string of the molecule is CC1CCC2C(C)C(NC(=O)CN3CCNCC3)OC3OC4(C)CCC1C32OO4. The zero-order valence-corrected chi connectivity index (χ0v) is 17.8. The number of carbonyl (C=O) groups excluding carboxylic acids is 1. The van der Waals surface area contributed by atoms with Crippen LogP contribution in [0.5, 0.6) is 0 Å². The molecule has 1 aliphatic carbocycles. The highest BCUT2D eigenvalue weighted by Gasteiger charge is 2.69. The molecule has 0 aromatic heterocycles. The topological polar surface area (TPSA) is 81.3 Å². The Bertz CT molecular complexity index is 644. The zero-order valence-electron chi connectivity index (χ0n) is 17.8. The minimum Gasteiger partial charge on any atom is -0.329 e. The number of nitrogens with one attached hydrogen (secondary N) is 2. The van der Waals surface area contributed by atoms with Gasteiger partial charge in [-0.2, -0.15) is 0 Å². The van der Waals surface area contributed by atoms with E-state index in [2.05, 4.69) is 29.4 Å². The molecule has 29 heavy (non-hydrogen) atoms. The second kappa shape index (κ2) is 7.43. The van der Waals surface area contributed by atoms with Crippen LogP contribution in [-0.4, -0.2) is 67.4 Å². The Labute approximate surface area is 172 Å². The fourth-order valence-electron chi connectivity index (χ4n) is 6.35. The molecule has 0 aromatic carbocycles. The molecule has 5 heterocycles. The lowest BCUT2D eigenvalue weighted by Gasteiger charge is -2.60. The molecule has 8 unspecified atom stereocenters. The fraction of sp³-hybridized carbons (Fsp3) is 0.952. The fourth-order valence-corrected chi connectivity index (χ4v) is 6.35. The summed E-state index contributed by atoms with van der Waals surface area (Å²) in [4.78, 5) is 26.9. The van der Waals surface area contributed by atoms with Crippen molar-refractivity contribution in [1.82, 2.24) is 15.5 Å². The molecule has 1 saturated carbocycles. The van der Waals surface area contributed by atoms with Crippen molar-refractivity contribution >= 4 is 5.91 Å². The number of ether oxygens (including phenoxy) is 2. The van der Waals surface area contributed by atoms with Crippen LogP contribution >= 0.6 is 0 Å². The summed E-state index contributed by atoms with van der Waals surface area (Å²) in [6.07, 6.45) is 3.13. The maximum Gasteiger partial charge on any atom is 0.236 e. The van der Waals surface area contributed by atoms with E-state index in [4.69, 9.17) is 19.2 Å². The van der Waals surface area contributed by atoms with Gasteiger partial charge in [0.25, 0.3) is 0 Å². The summed E-state index contributed by atoms with van der Waals surface area (Å²) in [6.45, 7) is 10.5. The summed E-state index contributed by atoms with van der Waals surface area (Å²) in [5.74, 6) is 0.472. The van der Waals surface area contributed by atoms with Gasteiger partial charge in [-0.3, -0.25) is 9.69 Å². The largest absolute Gasteiger partial charge is 0.329 e. The predicted octanol–water partition coefficient (Wildman–Crippen LogP) is 1.22. The average Bonchev–Trinajstić information content (AvgIpc) is 2.93. The molecule has 8 heteroatoms. The molecule has 5 aliphatic heterocycles. The number of carbonyl (C=O) groups is 1. The van der Waals surface area contributed by atoms with Gasteiger partial charge in [-0.05, 0) is 38.0 Å². The first-order valence-electron chi connectivity index (χ1n) is 11.3. The first kappa shape index (κ1) is 20.2. The van der Waals surface area contributed by atoms with E-state index in [1.807, 2.05) is 6.92 Å². The summed E-state index contributed by atoms with van der Waals surface area (Å²) < 4.78 is 12.8. The number of fused-ring (bicyclic) bond motifs is 2. The smallest absolute Gasteiger partial charge is 0.236 e. The van der Waals surface area contributed by atoms with Gasteiger partial charge in [-0.25, -0.2) is 9.78 Å². The van der Waals surface area contributed by atoms with Crippen molar-refractivity contribution in [3.05, 3.63) is 0 Å². The van der Waals surface area contributed by atoms with Crippen LogP contribution in [0.3, 0.4) is 0 Å². The molecule has 8 atom stereocenters. The lowest BCUT2D eigenvalue weighted by atomic mass is 9.58. The summed E-state index contributed by atoms with van der Waals surface area (Å²) in [7, 11) is 0. The third kappa shape index (κ3) is 3.32. The number of hydrogen-bond donors (Lipinski definition) is 2. The Morgan fingerprint density at radius 3 is 2.72 bits per heavy atom. The normalized spacial score (nSPS) is 49.9. The van der Waals surface area contributed by atoms with Crippen LogP contribution in [-0.2, 0) is 24.0 Å². The lowest BCUT2D eigenvalue weighted by Crippen LogP contribution is -2.72. The van der Waals surface area contributed by atoms with E-state index in [1.165, 1.54) is 0 Å². The maximum atomic E-state index is 12.7. The van der Waals surface area contributed by atoms with Gasteiger partial charge in [0.15, 0.2) is 11.9 Å². The Morgan fingerprint density at radius 2 is 1.93 bits per heavy atom. The van der Waals surface area contributed by atoms with Crippen molar-refractivity contribution < 1.29 is 24.0 Å². The van der Waals surface area contributed by atoms with Gasteiger partial charge in [-0.1, -0.05) is 13.8 Å². The van der Waals surface area contributed by atoms with Crippen LogP contribution in [0.15, 0.2) is 0 Å². The monoisotopic (exact) mass is 409 g/mol. The predicted molar refractivity (Wildman–Crippen MR) is 104 cm³/mol. The third-order valence-corrected chi connectivity index (χ3v) is 8.04. The Hall–Kier alpha value is -0.770. The first-order chi connectivity index (χ1) is 13.9. The molecule has 2 bridgehead atoms. The molecule has 6 rings (SSSR count). The minimum atomic E-state index is -0.784. The highest BCUT2D eigenvalue weighted by atomic mass is 17.3. The molecular formula is C21H35N3O5. The van der Waals surface area contributed by atoms with E-state index in [0.29, 0.717) is 18.4 Å². The molecule has 1 spiro atoms. The molecule has 0 radical (unpaired) electrons. The molecule has 2 N–H and O–H groups in total. The van der Waals surface area contributed by atoms with Gasteiger partial charge in [0.05, 0.1) is 6.54 Å². The van der Waals surface area contributed by atoms with Crippen molar-refractivity contribution in [2.75, 3.05) is 32.7 Å². The molecule has 6 fully saturated rings. The van der Waals surface area contributed by atoms with Crippen LogP contribution in [0.2, 0.25) is 0 Å². The summed E-state index contributed by atoms with van der Waals surface area (Å²) in [5.41, 5.74) is -0.577. The molecule has 164 valence electrons. The van der Waals surface area contributed by atoms with Gasteiger partial charge in [0.2, 0.25) is 11.7 Å². The Balaban J connectivity index is 1.35. The highest BCUT2D eigenvalue weighted by molar-refractivity contribution is 5.78. The third-order valence-electron chi connectivity index (χ3n) is 8.04. The quantitative estimate of drug-likeness (QED) is 0.678. The van der Waals surface area contributed by atoms with E-state index in [1.54, 1.807) is 0 Å². The zero-order chi connectivity index (χ0) is 20.2. The van der Waals surface area contributed by atoms with E-state index >= 15 is 0 Å². The van der Waals surface area contributed by atoms with E-state index in [-0.39, 0.29) is 24.0 Å². The van der Waals surface area contributed by atoms with Crippen molar-refractivity contribution in [2.45, 2.75) is 70.4 Å². The average molecular weight is 410 g/mol. The number of amides is 1. The second-order valence-electron chi connectivity index (χ2n) is 9.92. The number of piperazine rings is 1. The van der Waals surface area contributed by atoms with E-state index in [0.717, 1.165) is 51.9 Å². The first-order valence-corrected chi connectivity index (χ1v) is 11.3. The van der Waals surface area contributed by atoms with Crippen LogP contribution in [0, 0.1) is 23.7 Å². The van der Waals surface area contributed by atoms with Gasteiger partial charge in [0, 0.05) is 44.4 Å². The Kier molecular flexibility index (Phi) is 5.16. The van der Waals surface area contributed by atoms with Gasteiger partial charge >= 0.3 is 0 Å². The standard InChI is InChI=1S/C21H35N3O5/c1-13-4-5-16-14(2)18(23-17(25)12-24-10-8-22-9-11-24)26-19-21(16)15(13)6-7-20(3,27-19)28-29-21/h13-16,18-19,22H,4-12H2,1-3H3,(H,23,25). The second-order valence-corrected chi connectivity index (χ2v) is 9.92. The van der Waals surface area contributed by atoms with Crippen molar-refractivity contribution in [2.24, 2.45) is 23.7 Å². The van der Waals surface area contributed by atoms with Crippen LogP contribution in [0.4, 0.5) is 0 Å². The Morgan fingerprint density at radius 1 is 1.14 bits per heavy atom.